The van der Waals surface area contributed by atoms with Crippen LogP contribution in [0.25, 0.3) is 16.8 Å². The van der Waals surface area contributed by atoms with E-state index in [9.17, 15) is 0 Å². The fraction of sp³-hybridized carbons (Fsp3) is 0.333. The summed E-state index contributed by atoms with van der Waals surface area (Å²) in [5, 5.41) is 2.74. The van der Waals surface area contributed by atoms with Gasteiger partial charge in [0.15, 0.2) is 0 Å². The molecule has 0 nitrogen and oxygen atoms in total. The molecule has 94 valence electrons. The Morgan fingerprint density at radius 3 is 2.72 bits per heavy atom. The van der Waals surface area contributed by atoms with Gasteiger partial charge in [0.25, 0.3) is 0 Å². The number of rotatable bonds is 6. The van der Waals surface area contributed by atoms with Crippen LogP contribution in [-0.4, -0.2) is 0 Å². The van der Waals surface area contributed by atoms with E-state index in [2.05, 4.69) is 49.9 Å². The predicted octanol–water partition coefficient (Wildman–Crippen LogP) is 5.61. The van der Waals surface area contributed by atoms with Crippen molar-refractivity contribution >= 4 is 16.8 Å². The minimum atomic E-state index is 1.20. The summed E-state index contributed by atoms with van der Waals surface area (Å²) in [7, 11) is 0. The van der Waals surface area contributed by atoms with E-state index in [-0.39, 0.29) is 0 Å². The maximum Gasteiger partial charge on any atom is -0.0151 e. The quantitative estimate of drug-likeness (QED) is 0.574. The molecule has 0 aliphatic carbocycles. The molecule has 0 aliphatic rings. The Hall–Kier alpha value is -1.56. The van der Waals surface area contributed by atoms with Crippen LogP contribution >= 0.6 is 0 Å². The van der Waals surface area contributed by atoms with Gasteiger partial charge < -0.3 is 0 Å². The molecule has 0 atom stereocenters. The van der Waals surface area contributed by atoms with Crippen LogP contribution in [0.3, 0.4) is 0 Å². The number of hydrogen-bond acceptors (Lipinski definition) is 0. The average Bonchev–Trinajstić information content (AvgIpc) is 2.43. The summed E-state index contributed by atoms with van der Waals surface area (Å²) in [6, 6.07) is 13.2. The molecule has 2 aromatic rings. The van der Waals surface area contributed by atoms with E-state index in [1.54, 1.807) is 0 Å². The number of fused-ring (bicyclic) bond motifs is 1. The van der Waals surface area contributed by atoms with E-state index in [1.807, 2.05) is 6.08 Å². The normalized spacial score (nSPS) is 10.7. The molecule has 0 saturated carbocycles. The Morgan fingerprint density at radius 2 is 1.94 bits per heavy atom. The van der Waals surface area contributed by atoms with E-state index in [4.69, 9.17) is 0 Å². The molecule has 2 rings (SSSR count). The van der Waals surface area contributed by atoms with Crippen LogP contribution in [-0.2, 0) is 6.42 Å². The maximum atomic E-state index is 3.83. The van der Waals surface area contributed by atoms with E-state index in [1.165, 1.54) is 54.0 Å². The van der Waals surface area contributed by atoms with Crippen molar-refractivity contribution in [2.75, 3.05) is 0 Å². The zero-order chi connectivity index (χ0) is 12.8. The zero-order valence-electron chi connectivity index (χ0n) is 11.3. The van der Waals surface area contributed by atoms with Crippen molar-refractivity contribution in [2.24, 2.45) is 0 Å². The molecular formula is C18H22. The van der Waals surface area contributed by atoms with Crippen LogP contribution in [0.5, 0.6) is 0 Å². The zero-order valence-corrected chi connectivity index (χ0v) is 11.3. The molecule has 0 radical (unpaired) electrons. The molecule has 0 heteroatoms. The van der Waals surface area contributed by atoms with Crippen LogP contribution in [0.4, 0.5) is 0 Å². The lowest BCUT2D eigenvalue weighted by Gasteiger charge is -2.07. The van der Waals surface area contributed by atoms with Gasteiger partial charge >= 0.3 is 0 Å². The van der Waals surface area contributed by atoms with Gasteiger partial charge in [0.05, 0.1) is 0 Å². The van der Waals surface area contributed by atoms with Gasteiger partial charge in [-0.2, -0.15) is 0 Å². The average molecular weight is 238 g/mol. The Bertz CT molecular complexity index is 523. The van der Waals surface area contributed by atoms with Gasteiger partial charge in [-0.3, -0.25) is 0 Å². The second-order valence-corrected chi connectivity index (χ2v) is 4.91. The maximum absolute atomic E-state index is 3.83. The molecule has 0 bridgehead atoms. The van der Waals surface area contributed by atoms with Crippen molar-refractivity contribution in [3.05, 3.63) is 54.1 Å². The van der Waals surface area contributed by atoms with Gasteiger partial charge in [-0.05, 0) is 40.8 Å². The molecule has 0 saturated heterocycles. The van der Waals surface area contributed by atoms with Crippen LogP contribution in [0.1, 0.15) is 43.7 Å². The van der Waals surface area contributed by atoms with Gasteiger partial charge in [-0.1, -0.05) is 69.2 Å². The first kappa shape index (κ1) is 12.9. The monoisotopic (exact) mass is 238 g/mol. The lowest BCUT2D eigenvalue weighted by Crippen LogP contribution is -1.88. The highest BCUT2D eigenvalue weighted by molar-refractivity contribution is 5.87. The van der Waals surface area contributed by atoms with Crippen molar-refractivity contribution in [3.63, 3.8) is 0 Å². The molecule has 0 amide bonds. The largest absolute Gasteiger partial charge is 0.0985 e. The van der Waals surface area contributed by atoms with Gasteiger partial charge in [-0.25, -0.2) is 0 Å². The van der Waals surface area contributed by atoms with E-state index in [0.29, 0.717) is 0 Å². The lowest BCUT2D eigenvalue weighted by atomic mass is 9.98. The van der Waals surface area contributed by atoms with E-state index >= 15 is 0 Å². The second kappa shape index (κ2) is 6.39. The molecule has 0 aromatic heterocycles. The van der Waals surface area contributed by atoms with Crippen molar-refractivity contribution in [1.29, 1.82) is 0 Å². The van der Waals surface area contributed by atoms with Gasteiger partial charge in [0.2, 0.25) is 0 Å². The number of unbranched alkanes of at least 4 members (excludes halogenated alkanes) is 3. The third-order valence-electron chi connectivity index (χ3n) is 3.53. The van der Waals surface area contributed by atoms with E-state index in [0.717, 1.165) is 0 Å². The highest BCUT2D eigenvalue weighted by Crippen LogP contribution is 2.22. The molecular weight excluding hydrogens is 216 g/mol. The summed E-state index contributed by atoms with van der Waals surface area (Å²) in [5.41, 5.74) is 2.69. The van der Waals surface area contributed by atoms with Crippen molar-refractivity contribution in [1.82, 2.24) is 0 Å². The van der Waals surface area contributed by atoms with Gasteiger partial charge in [-0.15, -0.1) is 0 Å². The second-order valence-electron chi connectivity index (χ2n) is 4.91. The molecule has 0 unspecified atom stereocenters. The number of benzene rings is 2. The third kappa shape index (κ3) is 3.01. The molecule has 2 aromatic carbocycles. The van der Waals surface area contributed by atoms with E-state index < -0.39 is 0 Å². The first-order chi connectivity index (χ1) is 8.85. The highest BCUT2D eigenvalue weighted by atomic mass is 14.1. The molecule has 0 N–H and O–H groups in total. The molecule has 0 heterocycles. The lowest BCUT2D eigenvalue weighted by molar-refractivity contribution is 0.668. The fourth-order valence-corrected chi connectivity index (χ4v) is 2.46. The summed E-state index contributed by atoms with van der Waals surface area (Å²) in [6.45, 7) is 6.09. The Labute approximate surface area is 110 Å². The smallest absolute Gasteiger partial charge is 0.0151 e. The van der Waals surface area contributed by atoms with Crippen LogP contribution in [0, 0.1) is 0 Å². The van der Waals surface area contributed by atoms with Crippen molar-refractivity contribution in [3.8, 4) is 0 Å². The summed E-state index contributed by atoms with van der Waals surface area (Å²) < 4.78 is 0. The molecule has 0 spiro atoms. The number of hydrogen-bond donors (Lipinski definition) is 0. The van der Waals surface area contributed by atoms with Crippen LogP contribution < -0.4 is 0 Å². The summed E-state index contributed by atoms with van der Waals surface area (Å²) >= 11 is 0. The molecule has 0 aliphatic heterocycles. The van der Waals surface area contributed by atoms with Gasteiger partial charge in [0, 0.05) is 0 Å². The van der Waals surface area contributed by atoms with Crippen LogP contribution in [0.15, 0.2) is 43.0 Å². The number of aryl methyl sites for hydroxylation is 1. The Balaban J connectivity index is 2.20. The Kier molecular flexibility index (Phi) is 4.58. The fourth-order valence-electron chi connectivity index (χ4n) is 2.46. The van der Waals surface area contributed by atoms with Crippen LogP contribution in [0.2, 0.25) is 0 Å². The molecule has 18 heavy (non-hydrogen) atoms. The minimum absolute atomic E-state index is 1.20. The Morgan fingerprint density at radius 1 is 1.06 bits per heavy atom. The predicted molar refractivity (Wildman–Crippen MR) is 81.9 cm³/mol. The SMILES string of the molecule is C=Cc1ccc2c(CCCCCC)cccc2c1. The first-order valence-electron chi connectivity index (χ1n) is 6.99. The minimum Gasteiger partial charge on any atom is -0.0985 e. The van der Waals surface area contributed by atoms with Crippen molar-refractivity contribution in [2.45, 2.75) is 39.0 Å². The summed E-state index contributed by atoms with van der Waals surface area (Å²) in [5.74, 6) is 0. The third-order valence-corrected chi connectivity index (χ3v) is 3.53. The summed E-state index contributed by atoms with van der Waals surface area (Å²) in [4.78, 5) is 0. The van der Waals surface area contributed by atoms with Crippen molar-refractivity contribution < 1.29 is 0 Å². The first-order valence-corrected chi connectivity index (χ1v) is 6.99. The van der Waals surface area contributed by atoms with Gasteiger partial charge in [0.1, 0.15) is 0 Å². The highest BCUT2D eigenvalue weighted by Gasteiger charge is 2.01. The topological polar surface area (TPSA) is 0 Å². The standard InChI is InChI=1S/C18H22/c1-3-5-6-7-9-16-10-8-11-17-14-15(4-2)12-13-18(16)17/h4,8,10-14H,2-3,5-7,9H2,1H3. The molecule has 0 fully saturated rings. The summed E-state index contributed by atoms with van der Waals surface area (Å²) in [6.07, 6.45) is 8.41.